The van der Waals surface area contributed by atoms with Gasteiger partial charge in [0.05, 0.1) is 11.8 Å². The van der Waals surface area contributed by atoms with Crippen LogP contribution in [0.3, 0.4) is 0 Å². The predicted octanol–water partition coefficient (Wildman–Crippen LogP) is 3.30. The second kappa shape index (κ2) is 9.65. The van der Waals surface area contributed by atoms with Gasteiger partial charge in [0.2, 0.25) is 0 Å². The molecule has 1 saturated heterocycles. The number of rotatable bonds is 8. The monoisotopic (exact) mass is 401 g/mol. The van der Waals surface area contributed by atoms with Crippen LogP contribution >= 0.6 is 0 Å². The fraction of sp³-hybridized carbons (Fsp3) is 0.476. The van der Waals surface area contributed by atoms with Crippen molar-refractivity contribution in [3.05, 3.63) is 42.1 Å². The van der Waals surface area contributed by atoms with Crippen LogP contribution in [0.1, 0.15) is 37.6 Å². The van der Waals surface area contributed by atoms with Crippen LogP contribution in [0, 0.1) is 11.7 Å². The summed E-state index contributed by atoms with van der Waals surface area (Å²) in [6.07, 6.45) is 4.09. The van der Waals surface area contributed by atoms with Crippen molar-refractivity contribution in [3.63, 3.8) is 0 Å². The highest BCUT2D eigenvalue weighted by Gasteiger charge is 2.23. The van der Waals surface area contributed by atoms with Crippen molar-refractivity contribution in [3.8, 4) is 11.5 Å². The molecule has 0 bridgehead atoms. The summed E-state index contributed by atoms with van der Waals surface area (Å²) in [5, 5.41) is 6.63. The Bertz CT molecular complexity index is 840. The number of carbonyl (C=O) groups excluding carboxylic acids is 1. The number of nitrogens with zero attached hydrogens (tertiary/aromatic N) is 3. The van der Waals surface area contributed by atoms with Crippen LogP contribution in [0.5, 0.6) is 11.5 Å². The maximum absolute atomic E-state index is 13.9. The molecule has 0 aliphatic carbocycles. The SMILES string of the molecule is CCN(C(=O)c1cc(F)ccc1Oc1cncnc1NC[C@H]1CCNC1)C(C)C. The van der Waals surface area contributed by atoms with Gasteiger partial charge in [0, 0.05) is 19.1 Å². The first-order valence-corrected chi connectivity index (χ1v) is 10.0. The fourth-order valence-electron chi connectivity index (χ4n) is 3.43. The molecule has 1 atom stereocenters. The number of anilines is 1. The van der Waals surface area contributed by atoms with Gasteiger partial charge in [-0.05, 0) is 64.4 Å². The zero-order chi connectivity index (χ0) is 20.8. The Balaban J connectivity index is 1.84. The van der Waals surface area contributed by atoms with E-state index in [0.717, 1.165) is 26.1 Å². The van der Waals surface area contributed by atoms with Crippen LogP contribution in [0.4, 0.5) is 10.2 Å². The summed E-state index contributed by atoms with van der Waals surface area (Å²) in [6.45, 7) is 8.99. The van der Waals surface area contributed by atoms with Crippen molar-refractivity contribution in [2.75, 3.05) is 31.5 Å². The Hall–Kier alpha value is -2.74. The van der Waals surface area contributed by atoms with Gasteiger partial charge < -0.3 is 20.3 Å². The third kappa shape index (κ3) is 5.20. The first kappa shape index (κ1) is 21.0. The molecule has 2 heterocycles. The Kier molecular flexibility index (Phi) is 6.98. The van der Waals surface area contributed by atoms with Crippen molar-refractivity contribution in [1.82, 2.24) is 20.2 Å². The van der Waals surface area contributed by atoms with Crippen LogP contribution < -0.4 is 15.4 Å². The smallest absolute Gasteiger partial charge is 0.257 e. The lowest BCUT2D eigenvalue weighted by Gasteiger charge is -2.26. The molecule has 8 heteroatoms. The topological polar surface area (TPSA) is 79.4 Å². The highest BCUT2D eigenvalue weighted by molar-refractivity contribution is 5.97. The summed E-state index contributed by atoms with van der Waals surface area (Å²) < 4.78 is 19.9. The van der Waals surface area contributed by atoms with Crippen LogP contribution in [0.2, 0.25) is 0 Å². The maximum atomic E-state index is 13.9. The Morgan fingerprint density at radius 3 is 2.93 bits per heavy atom. The number of benzene rings is 1. The minimum absolute atomic E-state index is 0.0130. The Morgan fingerprint density at radius 2 is 2.24 bits per heavy atom. The number of halogens is 1. The van der Waals surface area contributed by atoms with Crippen LogP contribution in [0.25, 0.3) is 0 Å². The van der Waals surface area contributed by atoms with E-state index in [9.17, 15) is 9.18 Å². The van der Waals surface area contributed by atoms with Gasteiger partial charge in [-0.25, -0.2) is 14.4 Å². The van der Waals surface area contributed by atoms with E-state index in [2.05, 4.69) is 20.6 Å². The van der Waals surface area contributed by atoms with E-state index >= 15 is 0 Å². The molecule has 1 fully saturated rings. The first-order chi connectivity index (χ1) is 14.0. The molecule has 1 aromatic carbocycles. The number of nitrogens with one attached hydrogen (secondary N) is 2. The standard InChI is InChI=1S/C21H28FN5O2/c1-4-27(14(2)3)21(28)17-9-16(22)5-6-18(17)29-19-12-24-13-26-20(19)25-11-15-7-8-23-10-15/h5-6,9,12-15,23H,4,7-8,10-11H2,1-3H3,(H,24,25,26)/t15-/m0/s1. The zero-order valence-corrected chi connectivity index (χ0v) is 17.1. The Morgan fingerprint density at radius 1 is 1.41 bits per heavy atom. The van der Waals surface area contributed by atoms with E-state index in [4.69, 9.17) is 4.74 Å². The van der Waals surface area contributed by atoms with E-state index in [-0.39, 0.29) is 23.3 Å². The normalized spacial score (nSPS) is 16.1. The van der Waals surface area contributed by atoms with Crippen LogP contribution in [-0.2, 0) is 0 Å². The van der Waals surface area contributed by atoms with Gasteiger partial charge >= 0.3 is 0 Å². The Labute approximate surface area is 170 Å². The number of hydrogen-bond donors (Lipinski definition) is 2. The van der Waals surface area contributed by atoms with E-state index in [1.807, 2.05) is 20.8 Å². The molecule has 0 radical (unpaired) electrons. The predicted molar refractivity (Wildman–Crippen MR) is 110 cm³/mol. The summed E-state index contributed by atoms with van der Waals surface area (Å²) in [4.78, 5) is 23.0. The first-order valence-electron chi connectivity index (χ1n) is 10.0. The van der Waals surface area contributed by atoms with Crippen LogP contribution in [-0.4, -0.2) is 53.0 Å². The van der Waals surface area contributed by atoms with Gasteiger partial charge in [-0.3, -0.25) is 4.79 Å². The molecule has 1 aliphatic rings. The molecular formula is C21H28FN5O2. The minimum atomic E-state index is -0.489. The second-order valence-electron chi connectivity index (χ2n) is 7.40. The molecule has 1 aliphatic heterocycles. The molecule has 0 saturated carbocycles. The van der Waals surface area contributed by atoms with E-state index in [0.29, 0.717) is 24.0 Å². The minimum Gasteiger partial charge on any atom is -0.451 e. The summed E-state index contributed by atoms with van der Waals surface area (Å²) in [7, 11) is 0. The van der Waals surface area contributed by atoms with Gasteiger partial charge in [0.15, 0.2) is 11.6 Å². The highest BCUT2D eigenvalue weighted by atomic mass is 19.1. The summed E-state index contributed by atoms with van der Waals surface area (Å²) >= 11 is 0. The average Bonchev–Trinajstić information content (AvgIpc) is 3.22. The maximum Gasteiger partial charge on any atom is 0.257 e. The molecule has 1 amide bonds. The largest absolute Gasteiger partial charge is 0.451 e. The molecule has 0 unspecified atom stereocenters. The van der Waals surface area contributed by atoms with Gasteiger partial charge in [-0.15, -0.1) is 0 Å². The lowest BCUT2D eigenvalue weighted by atomic mass is 10.1. The molecule has 156 valence electrons. The van der Waals surface area contributed by atoms with Gasteiger partial charge in [0.25, 0.3) is 5.91 Å². The van der Waals surface area contributed by atoms with E-state index in [1.54, 1.807) is 11.1 Å². The highest BCUT2D eigenvalue weighted by Crippen LogP contribution is 2.31. The third-order valence-electron chi connectivity index (χ3n) is 5.02. The molecule has 3 rings (SSSR count). The number of aromatic nitrogens is 2. The van der Waals surface area contributed by atoms with Gasteiger partial charge in [-0.1, -0.05) is 0 Å². The molecule has 1 aromatic heterocycles. The van der Waals surface area contributed by atoms with E-state index in [1.165, 1.54) is 24.5 Å². The number of amides is 1. The van der Waals surface area contributed by atoms with Crippen molar-refractivity contribution in [2.24, 2.45) is 5.92 Å². The molecule has 2 N–H and O–H groups in total. The van der Waals surface area contributed by atoms with Crippen molar-refractivity contribution < 1.29 is 13.9 Å². The van der Waals surface area contributed by atoms with E-state index < -0.39 is 5.82 Å². The third-order valence-corrected chi connectivity index (χ3v) is 5.02. The van der Waals surface area contributed by atoms with Crippen molar-refractivity contribution in [2.45, 2.75) is 33.2 Å². The van der Waals surface area contributed by atoms with Gasteiger partial charge in [0.1, 0.15) is 17.9 Å². The molecule has 29 heavy (non-hydrogen) atoms. The summed E-state index contributed by atoms with van der Waals surface area (Å²) in [6, 6.07) is 3.94. The number of hydrogen-bond acceptors (Lipinski definition) is 6. The van der Waals surface area contributed by atoms with Crippen molar-refractivity contribution in [1.29, 1.82) is 0 Å². The summed E-state index contributed by atoms with van der Waals surface area (Å²) in [5.41, 5.74) is 0.176. The molecular weight excluding hydrogens is 373 g/mol. The van der Waals surface area contributed by atoms with Crippen molar-refractivity contribution >= 4 is 11.7 Å². The fourth-order valence-corrected chi connectivity index (χ4v) is 3.43. The number of ether oxygens (including phenoxy) is 1. The molecule has 2 aromatic rings. The molecule has 7 nitrogen and oxygen atoms in total. The van der Waals surface area contributed by atoms with Gasteiger partial charge in [-0.2, -0.15) is 0 Å². The number of carbonyl (C=O) groups is 1. The summed E-state index contributed by atoms with van der Waals surface area (Å²) in [5.74, 6) is 0.968. The van der Waals surface area contributed by atoms with Crippen LogP contribution in [0.15, 0.2) is 30.7 Å². The zero-order valence-electron chi connectivity index (χ0n) is 17.1. The average molecular weight is 401 g/mol. The quantitative estimate of drug-likeness (QED) is 0.707. The second-order valence-corrected chi connectivity index (χ2v) is 7.40. The lowest BCUT2D eigenvalue weighted by Crippen LogP contribution is -2.36. The molecule has 0 spiro atoms. The lowest BCUT2D eigenvalue weighted by molar-refractivity contribution is 0.0713.